The molecular formula is C5H9Br2NO2. The maximum atomic E-state index is 10.2. The predicted molar refractivity (Wildman–Crippen MR) is 46.9 cm³/mol. The van der Waals surface area contributed by atoms with Crippen molar-refractivity contribution in [1.29, 1.82) is 0 Å². The van der Waals surface area contributed by atoms with Gasteiger partial charge in [-0.1, -0.05) is 31.9 Å². The first kappa shape index (κ1) is 10.2. The first-order chi connectivity index (χ1) is 4.36. The topological polar surface area (TPSA) is 49.3 Å². The fourth-order valence-corrected chi connectivity index (χ4v) is 0.559. The third-order valence-electron chi connectivity index (χ3n) is 0.975. The Balaban J connectivity index is 3.99. The molecule has 0 aliphatic heterocycles. The lowest BCUT2D eigenvalue weighted by Gasteiger charge is -2.25. The van der Waals surface area contributed by atoms with Gasteiger partial charge in [0.15, 0.2) is 0 Å². The monoisotopic (exact) mass is 273 g/mol. The van der Waals surface area contributed by atoms with Crippen molar-refractivity contribution < 1.29 is 9.90 Å². The standard InChI is InChI=1S/C5H9Br2NO2/c1-5(2,3(6)7)8-4(9)10/h3,8H,1-2H3,(H,9,10). The minimum atomic E-state index is -1.02. The lowest BCUT2D eigenvalue weighted by atomic mass is 10.1. The molecule has 0 aromatic heterocycles. The van der Waals surface area contributed by atoms with Gasteiger partial charge >= 0.3 is 6.09 Å². The fourth-order valence-electron chi connectivity index (χ4n) is 0.330. The molecule has 0 atom stereocenters. The summed E-state index contributed by atoms with van der Waals surface area (Å²) in [6.45, 7) is 3.55. The molecule has 0 aromatic carbocycles. The van der Waals surface area contributed by atoms with Crippen molar-refractivity contribution in [1.82, 2.24) is 5.32 Å². The zero-order chi connectivity index (χ0) is 8.36. The van der Waals surface area contributed by atoms with Crippen molar-refractivity contribution in [3.05, 3.63) is 0 Å². The van der Waals surface area contributed by atoms with E-state index in [0.717, 1.165) is 0 Å². The number of alkyl halides is 2. The first-order valence-corrected chi connectivity index (χ1v) is 4.48. The SMILES string of the molecule is CC(C)(NC(=O)O)C(Br)Br. The zero-order valence-electron chi connectivity index (χ0n) is 5.69. The zero-order valence-corrected chi connectivity index (χ0v) is 8.86. The highest BCUT2D eigenvalue weighted by atomic mass is 79.9. The van der Waals surface area contributed by atoms with Crippen molar-refractivity contribution in [3.63, 3.8) is 0 Å². The summed E-state index contributed by atoms with van der Waals surface area (Å²) in [6.07, 6.45) is -1.02. The van der Waals surface area contributed by atoms with Gasteiger partial charge in [-0.15, -0.1) is 0 Å². The number of halogens is 2. The fraction of sp³-hybridized carbons (Fsp3) is 0.800. The van der Waals surface area contributed by atoms with Gasteiger partial charge in [0.25, 0.3) is 0 Å². The summed E-state index contributed by atoms with van der Waals surface area (Å²) in [5.74, 6) is 0. The summed E-state index contributed by atoms with van der Waals surface area (Å²) in [4.78, 5) is 10.2. The number of rotatable bonds is 2. The highest BCUT2D eigenvalue weighted by molar-refractivity contribution is 9.24. The second kappa shape index (κ2) is 3.57. The summed E-state index contributed by atoms with van der Waals surface area (Å²) in [6, 6.07) is 0. The van der Waals surface area contributed by atoms with E-state index in [1.165, 1.54) is 0 Å². The molecule has 0 spiro atoms. The molecule has 0 bridgehead atoms. The molecule has 0 radical (unpaired) electrons. The number of hydrogen-bond acceptors (Lipinski definition) is 1. The third-order valence-corrected chi connectivity index (χ3v) is 3.26. The molecule has 0 aliphatic rings. The van der Waals surface area contributed by atoms with Gasteiger partial charge in [-0.25, -0.2) is 4.79 Å². The Hall–Kier alpha value is 0.230. The molecule has 1 amide bonds. The maximum absolute atomic E-state index is 10.2. The van der Waals surface area contributed by atoms with Gasteiger partial charge in [0.1, 0.15) is 0 Å². The molecule has 0 aromatic rings. The minimum Gasteiger partial charge on any atom is -0.465 e. The van der Waals surface area contributed by atoms with Gasteiger partial charge in [0.2, 0.25) is 0 Å². The van der Waals surface area contributed by atoms with E-state index >= 15 is 0 Å². The quantitative estimate of drug-likeness (QED) is 0.758. The third kappa shape index (κ3) is 3.41. The van der Waals surface area contributed by atoms with E-state index in [1.54, 1.807) is 13.8 Å². The molecule has 0 heterocycles. The summed E-state index contributed by atoms with van der Waals surface area (Å²) in [7, 11) is 0. The average molecular weight is 275 g/mol. The van der Waals surface area contributed by atoms with E-state index in [2.05, 4.69) is 37.2 Å². The Labute approximate surface area is 76.4 Å². The van der Waals surface area contributed by atoms with Gasteiger partial charge in [0, 0.05) is 0 Å². The van der Waals surface area contributed by atoms with Crippen LogP contribution in [-0.4, -0.2) is 20.5 Å². The van der Waals surface area contributed by atoms with E-state index in [1.807, 2.05) is 0 Å². The largest absolute Gasteiger partial charge is 0.465 e. The summed E-state index contributed by atoms with van der Waals surface area (Å²) in [5, 5.41) is 10.7. The van der Waals surface area contributed by atoms with E-state index in [-0.39, 0.29) is 3.74 Å². The van der Waals surface area contributed by atoms with Crippen LogP contribution in [0.1, 0.15) is 13.8 Å². The average Bonchev–Trinajstić information content (AvgIpc) is 1.60. The Morgan fingerprint density at radius 2 is 2.00 bits per heavy atom. The molecule has 5 heteroatoms. The minimum absolute atomic E-state index is 0.0661. The Morgan fingerprint density at radius 3 is 2.10 bits per heavy atom. The molecule has 60 valence electrons. The van der Waals surface area contributed by atoms with Crippen LogP contribution in [-0.2, 0) is 0 Å². The van der Waals surface area contributed by atoms with Gasteiger partial charge in [-0.05, 0) is 13.8 Å². The van der Waals surface area contributed by atoms with Crippen LogP contribution < -0.4 is 5.32 Å². The second-order valence-corrected chi connectivity index (χ2v) is 5.51. The molecule has 3 nitrogen and oxygen atoms in total. The molecule has 2 N–H and O–H groups in total. The van der Waals surface area contributed by atoms with Crippen LogP contribution in [0.2, 0.25) is 0 Å². The lowest BCUT2D eigenvalue weighted by molar-refractivity contribution is 0.184. The molecule has 0 aliphatic carbocycles. The van der Waals surface area contributed by atoms with E-state index in [4.69, 9.17) is 5.11 Å². The van der Waals surface area contributed by atoms with Gasteiger partial charge in [-0.2, -0.15) is 0 Å². The number of carboxylic acid groups (broad SMARTS) is 1. The first-order valence-electron chi connectivity index (χ1n) is 2.65. The lowest BCUT2D eigenvalue weighted by Crippen LogP contribution is -2.47. The number of nitrogens with one attached hydrogen (secondary N) is 1. The second-order valence-electron chi connectivity index (χ2n) is 2.45. The van der Waals surface area contributed by atoms with Gasteiger partial charge < -0.3 is 10.4 Å². The van der Waals surface area contributed by atoms with Crippen molar-refractivity contribution in [3.8, 4) is 0 Å². The van der Waals surface area contributed by atoms with E-state index in [9.17, 15) is 4.79 Å². The highest BCUT2D eigenvalue weighted by Gasteiger charge is 2.26. The molecule has 0 saturated carbocycles. The number of amides is 1. The maximum Gasteiger partial charge on any atom is 0.405 e. The summed E-state index contributed by atoms with van der Waals surface area (Å²) < 4.78 is -0.0661. The van der Waals surface area contributed by atoms with Crippen molar-refractivity contribution >= 4 is 38.0 Å². The van der Waals surface area contributed by atoms with E-state index < -0.39 is 11.6 Å². The van der Waals surface area contributed by atoms with Crippen molar-refractivity contribution in [2.45, 2.75) is 23.1 Å². The van der Waals surface area contributed by atoms with Crippen LogP contribution in [0, 0.1) is 0 Å². The Bertz CT molecular complexity index is 136. The van der Waals surface area contributed by atoms with Crippen LogP contribution >= 0.6 is 31.9 Å². The van der Waals surface area contributed by atoms with E-state index in [0.29, 0.717) is 0 Å². The molecule has 10 heavy (non-hydrogen) atoms. The van der Waals surface area contributed by atoms with Crippen LogP contribution in [0.3, 0.4) is 0 Å². The normalized spacial score (nSPS) is 11.7. The number of carbonyl (C=O) groups is 1. The van der Waals surface area contributed by atoms with Gasteiger partial charge in [0.05, 0.1) is 9.28 Å². The molecule has 0 rings (SSSR count). The molecule has 0 saturated heterocycles. The molecular weight excluding hydrogens is 266 g/mol. The van der Waals surface area contributed by atoms with Crippen LogP contribution in [0.4, 0.5) is 4.79 Å². The highest BCUT2D eigenvalue weighted by Crippen LogP contribution is 2.22. The predicted octanol–water partition coefficient (Wildman–Crippen LogP) is 2.15. The van der Waals surface area contributed by atoms with Crippen LogP contribution in [0.25, 0.3) is 0 Å². The summed E-state index contributed by atoms with van der Waals surface area (Å²) >= 11 is 6.43. The van der Waals surface area contributed by atoms with Crippen LogP contribution in [0.15, 0.2) is 0 Å². The Morgan fingerprint density at radius 1 is 1.60 bits per heavy atom. The Kier molecular flexibility index (Phi) is 3.65. The molecule has 0 fully saturated rings. The van der Waals surface area contributed by atoms with Crippen LogP contribution in [0.5, 0.6) is 0 Å². The van der Waals surface area contributed by atoms with Gasteiger partial charge in [-0.3, -0.25) is 0 Å². The van der Waals surface area contributed by atoms with Crippen molar-refractivity contribution in [2.24, 2.45) is 0 Å². The van der Waals surface area contributed by atoms with Crippen molar-refractivity contribution in [2.75, 3.05) is 0 Å². The number of hydrogen-bond donors (Lipinski definition) is 2. The molecule has 0 unspecified atom stereocenters. The summed E-state index contributed by atoms with van der Waals surface area (Å²) in [5.41, 5.74) is -0.494. The smallest absolute Gasteiger partial charge is 0.405 e.